The summed E-state index contributed by atoms with van der Waals surface area (Å²) >= 11 is 0. The highest BCUT2D eigenvalue weighted by atomic mass is 19.1. The minimum absolute atomic E-state index is 0.228. The van der Waals surface area contributed by atoms with Crippen LogP contribution < -0.4 is 10.6 Å². The average Bonchev–Trinajstić information content (AvgIpc) is 3.08. The van der Waals surface area contributed by atoms with Crippen molar-refractivity contribution in [2.45, 2.75) is 6.92 Å². The van der Waals surface area contributed by atoms with Crippen LogP contribution in [0.2, 0.25) is 0 Å². The van der Waals surface area contributed by atoms with Gasteiger partial charge >= 0.3 is 6.03 Å². The number of halogens is 2. The Hall–Kier alpha value is -3.74. The summed E-state index contributed by atoms with van der Waals surface area (Å²) in [7, 11) is 0. The molecular weight excluding hydrogens is 362 g/mol. The Morgan fingerprint density at radius 2 is 1.79 bits per heavy atom. The van der Waals surface area contributed by atoms with Crippen LogP contribution in [0.5, 0.6) is 0 Å². The van der Waals surface area contributed by atoms with Gasteiger partial charge in [0.25, 0.3) is 0 Å². The van der Waals surface area contributed by atoms with Gasteiger partial charge in [0.15, 0.2) is 0 Å². The van der Waals surface area contributed by atoms with E-state index in [2.05, 4.69) is 15.6 Å². The van der Waals surface area contributed by atoms with Gasteiger partial charge in [-0.15, -0.1) is 0 Å². The molecule has 0 bridgehead atoms. The standard InChI is InChI=1S/C21H16F2N4O/c1-13-8-9-27-12-19(25-20(27)10-13)14-2-5-16(6-3-14)24-21(28)26-18-11-15(22)4-7-17(18)23/h2-12H,1H3,(H2,24,26,28). The highest BCUT2D eigenvalue weighted by molar-refractivity contribution is 5.99. The Balaban J connectivity index is 1.48. The van der Waals surface area contributed by atoms with Gasteiger partial charge in [-0.1, -0.05) is 12.1 Å². The first-order valence-electron chi connectivity index (χ1n) is 8.57. The molecule has 0 aliphatic carbocycles. The second-order valence-corrected chi connectivity index (χ2v) is 6.38. The van der Waals surface area contributed by atoms with Crippen LogP contribution in [-0.4, -0.2) is 15.4 Å². The number of imidazole rings is 1. The predicted molar refractivity (Wildman–Crippen MR) is 104 cm³/mol. The smallest absolute Gasteiger partial charge is 0.308 e. The SMILES string of the molecule is Cc1ccn2cc(-c3ccc(NC(=O)Nc4cc(F)ccc4F)cc3)nc2c1. The largest absolute Gasteiger partial charge is 0.323 e. The number of amides is 2. The fourth-order valence-electron chi connectivity index (χ4n) is 2.83. The van der Waals surface area contributed by atoms with Crippen molar-refractivity contribution in [2.24, 2.45) is 0 Å². The quantitative estimate of drug-likeness (QED) is 0.513. The number of aromatic nitrogens is 2. The summed E-state index contributed by atoms with van der Waals surface area (Å²) in [5.41, 5.74) is 3.97. The minimum Gasteiger partial charge on any atom is -0.308 e. The average molecular weight is 378 g/mol. The summed E-state index contributed by atoms with van der Waals surface area (Å²) in [6.07, 6.45) is 3.88. The van der Waals surface area contributed by atoms with Crippen molar-refractivity contribution in [3.63, 3.8) is 0 Å². The molecule has 0 aliphatic rings. The van der Waals surface area contributed by atoms with Crippen molar-refractivity contribution < 1.29 is 13.6 Å². The van der Waals surface area contributed by atoms with Gasteiger partial charge in [0.2, 0.25) is 0 Å². The highest BCUT2D eigenvalue weighted by Gasteiger charge is 2.09. The molecule has 7 heteroatoms. The van der Waals surface area contributed by atoms with Crippen LogP contribution in [0.15, 0.2) is 67.0 Å². The van der Waals surface area contributed by atoms with Crippen molar-refractivity contribution in [2.75, 3.05) is 10.6 Å². The molecule has 5 nitrogen and oxygen atoms in total. The number of carbonyl (C=O) groups is 1. The number of hydrogen-bond acceptors (Lipinski definition) is 2. The molecule has 0 radical (unpaired) electrons. The molecule has 2 amide bonds. The van der Waals surface area contributed by atoms with E-state index in [4.69, 9.17) is 0 Å². The number of urea groups is 1. The van der Waals surface area contributed by atoms with E-state index >= 15 is 0 Å². The summed E-state index contributed by atoms with van der Waals surface area (Å²) < 4.78 is 28.7. The lowest BCUT2D eigenvalue weighted by molar-refractivity contribution is 0.262. The number of nitrogens with one attached hydrogen (secondary N) is 2. The van der Waals surface area contributed by atoms with E-state index in [1.165, 1.54) is 0 Å². The van der Waals surface area contributed by atoms with Crippen LogP contribution in [0.25, 0.3) is 16.9 Å². The van der Waals surface area contributed by atoms with Crippen LogP contribution in [0, 0.1) is 18.6 Å². The van der Waals surface area contributed by atoms with Crippen molar-refractivity contribution >= 4 is 23.1 Å². The Labute approximate surface area is 159 Å². The van der Waals surface area contributed by atoms with Crippen LogP contribution in [-0.2, 0) is 0 Å². The van der Waals surface area contributed by atoms with Gasteiger partial charge in [0, 0.05) is 29.7 Å². The number of carbonyl (C=O) groups excluding carboxylic acids is 1. The van der Waals surface area contributed by atoms with Crippen molar-refractivity contribution in [1.82, 2.24) is 9.38 Å². The third-order valence-electron chi connectivity index (χ3n) is 4.23. The van der Waals surface area contributed by atoms with E-state index in [0.29, 0.717) is 5.69 Å². The second-order valence-electron chi connectivity index (χ2n) is 6.38. The number of benzene rings is 2. The lowest BCUT2D eigenvalue weighted by atomic mass is 10.1. The monoisotopic (exact) mass is 378 g/mol. The van der Waals surface area contributed by atoms with E-state index in [9.17, 15) is 13.6 Å². The van der Waals surface area contributed by atoms with E-state index < -0.39 is 17.7 Å². The second kappa shape index (κ2) is 7.11. The predicted octanol–water partition coefficient (Wildman–Crippen LogP) is 5.23. The van der Waals surface area contributed by atoms with Gasteiger partial charge in [-0.3, -0.25) is 0 Å². The number of rotatable bonds is 3. The molecule has 0 saturated carbocycles. The molecule has 4 aromatic rings. The summed E-state index contributed by atoms with van der Waals surface area (Å²) in [6, 6.07) is 13.3. The normalized spacial score (nSPS) is 10.8. The number of anilines is 2. The first kappa shape index (κ1) is 17.7. The molecule has 140 valence electrons. The minimum atomic E-state index is -0.714. The molecule has 28 heavy (non-hydrogen) atoms. The zero-order chi connectivity index (χ0) is 19.7. The maximum atomic E-state index is 13.6. The summed E-state index contributed by atoms with van der Waals surface area (Å²) in [6.45, 7) is 2.01. The van der Waals surface area contributed by atoms with Crippen LogP contribution in [0.4, 0.5) is 25.0 Å². The van der Waals surface area contributed by atoms with Gasteiger partial charge in [0.05, 0.1) is 11.4 Å². The van der Waals surface area contributed by atoms with Gasteiger partial charge in [-0.2, -0.15) is 0 Å². The van der Waals surface area contributed by atoms with E-state index in [1.807, 2.05) is 48.0 Å². The van der Waals surface area contributed by atoms with E-state index in [0.717, 1.165) is 40.7 Å². The number of aryl methyl sites for hydroxylation is 1. The molecule has 0 fully saturated rings. The van der Waals surface area contributed by atoms with Gasteiger partial charge in [-0.25, -0.2) is 18.6 Å². The summed E-state index contributed by atoms with van der Waals surface area (Å²) in [4.78, 5) is 16.6. The third-order valence-corrected chi connectivity index (χ3v) is 4.23. The van der Waals surface area contributed by atoms with Crippen molar-refractivity contribution in [1.29, 1.82) is 0 Å². The van der Waals surface area contributed by atoms with Gasteiger partial charge in [-0.05, 0) is 48.9 Å². The van der Waals surface area contributed by atoms with Crippen molar-refractivity contribution in [3.8, 4) is 11.3 Å². The molecule has 0 aliphatic heterocycles. The Bertz CT molecular complexity index is 1170. The first-order chi connectivity index (χ1) is 13.5. The molecule has 4 rings (SSSR count). The molecule has 2 N–H and O–H groups in total. The number of hydrogen-bond donors (Lipinski definition) is 2. The summed E-state index contributed by atoms with van der Waals surface area (Å²) in [5, 5.41) is 4.87. The molecular formula is C21H16F2N4O. The van der Waals surface area contributed by atoms with Crippen molar-refractivity contribution in [3.05, 3.63) is 84.2 Å². The lowest BCUT2D eigenvalue weighted by Gasteiger charge is -2.09. The number of pyridine rings is 1. The van der Waals surface area contributed by atoms with Crippen LogP contribution in [0.3, 0.4) is 0 Å². The molecule has 0 saturated heterocycles. The molecule has 0 spiro atoms. The maximum Gasteiger partial charge on any atom is 0.323 e. The number of fused-ring (bicyclic) bond motifs is 1. The van der Waals surface area contributed by atoms with Crippen LogP contribution in [0.1, 0.15) is 5.56 Å². The zero-order valence-corrected chi connectivity index (χ0v) is 14.9. The molecule has 2 heterocycles. The molecule has 2 aromatic heterocycles. The molecule has 0 unspecified atom stereocenters. The summed E-state index contributed by atoms with van der Waals surface area (Å²) in [5.74, 6) is -1.35. The topological polar surface area (TPSA) is 58.4 Å². The molecule has 2 aromatic carbocycles. The first-order valence-corrected chi connectivity index (χ1v) is 8.57. The lowest BCUT2D eigenvalue weighted by Crippen LogP contribution is -2.20. The number of nitrogens with zero attached hydrogens (tertiary/aromatic N) is 2. The Morgan fingerprint density at radius 1 is 1.00 bits per heavy atom. The van der Waals surface area contributed by atoms with Gasteiger partial charge in [0.1, 0.15) is 17.3 Å². The fraction of sp³-hybridized carbons (Fsp3) is 0.0476. The van der Waals surface area contributed by atoms with Gasteiger partial charge < -0.3 is 15.0 Å². The maximum absolute atomic E-state index is 13.6. The molecule has 0 atom stereocenters. The Kier molecular flexibility index (Phi) is 4.49. The van der Waals surface area contributed by atoms with E-state index in [1.54, 1.807) is 12.1 Å². The fourth-order valence-corrected chi connectivity index (χ4v) is 2.83. The third kappa shape index (κ3) is 3.68. The van der Waals surface area contributed by atoms with E-state index in [-0.39, 0.29) is 5.69 Å². The van der Waals surface area contributed by atoms with Crippen LogP contribution >= 0.6 is 0 Å². The zero-order valence-electron chi connectivity index (χ0n) is 14.9. The highest BCUT2D eigenvalue weighted by Crippen LogP contribution is 2.22. The Morgan fingerprint density at radius 3 is 2.57 bits per heavy atom.